The van der Waals surface area contributed by atoms with E-state index in [0.29, 0.717) is 31.8 Å². The van der Waals surface area contributed by atoms with Gasteiger partial charge >= 0.3 is 0 Å². The van der Waals surface area contributed by atoms with Crippen LogP contribution in [-0.4, -0.2) is 78.1 Å². The van der Waals surface area contributed by atoms with Crippen molar-refractivity contribution in [2.45, 2.75) is 44.4 Å². The zero-order valence-corrected chi connectivity index (χ0v) is 17.3. The lowest BCUT2D eigenvalue weighted by Crippen LogP contribution is -2.59. The largest absolute Gasteiger partial charge is 0.353 e. The smallest absolute Gasteiger partial charge is 0.259 e. The lowest BCUT2D eigenvalue weighted by molar-refractivity contribution is -0.139. The molecule has 0 radical (unpaired) electrons. The van der Waals surface area contributed by atoms with Crippen LogP contribution >= 0.6 is 0 Å². The molecule has 2 heterocycles. The summed E-state index contributed by atoms with van der Waals surface area (Å²) in [6.07, 6.45) is 3.37. The SMILES string of the molecule is C[C@@H]1CCC[C@]2(C1)OC[C@@H](C(=O)N1CCN(C)CC1)N2C(=O)c1ccccc1F. The van der Waals surface area contributed by atoms with E-state index >= 15 is 0 Å². The molecule has 2 saturated heterocycles. The summed E-state index contributed by atoms with van der Waals surface area (Å²) >= 11 is 0. The molecule has 1 aromatic carbocycles. The average molecular weight is 403 g/mol. The average Bonchev–Trinajstić information content (AvgIpc) is 3.05. The summed E-state index contributed by atoms with van der Waals surface area (Å²) in [7, 11) is 2.03. The molecule has 158 valence electrons. The minimum atomic E-state index is -0.816. The molecule has 0 bridgehead atoms. The first-order valence-electron chi connectivity index (χ1n) is 10.6. The number of carbonyl (C=O) groups excluding carboxylic acids is 2. The number of benzene rings is 1. The van der Waals surface area contributed by atoms with Crippen molar-refractivity contribution >= 4 is 11.8 Å². The van der Waals surface area contributed by atoms with Gasteiger partial charge in [-0.15, -0.1) is 0 Å². The third kappa shape index (κ3) is 3.78. The van der Waals surface area contributed by atoms with Gasteiger partial charge in [0.1, 0.15) is 17.6 Å². The molecular formula is C22H30FN3O3. The zero-order valence-electron chi connectivity index (χ0n) is 17.3. The van der Waals surface area contributed by atoms with Crippen LogP contribution in [0.2, 0.25) is 0 Å². The van der Waals surface area contributed by atoms with Gasteiger partial charge in [0.25, 0.3) is 5.91 Å². The highest BCUT2D eigenvalue weighted by Gasteiger charge is 2.55. The van der Waals surface area contributed by atoms with Crippen LogP contribution < -0.4 is 0 Å². The van der Waals surface area contributed by atoms with Crippen LogP contribution in [0, 0.1) is 11.7 Å². The Kier molecular flexibility index (Phi) is 5.62. The molecule has 1 aromatic rings. The number of nitrogens with zero attached hydrogens (tertiary/aromatic N) is 3. The fraction of sp³-hybridized carbons (Fsp3) is 0.636. The molecule has 1 saturated carbocycles. The molecular weight excluding hydrogens is 373 g/mol. The van der Waals surface area contributed by atoms with E-state index < -0.39 is 23.5 Å². The highest BCUT2D eigenvalue weighted by atomic mass is 19.1. The molecule has 0 aromatic heterocycles. The van der Waals surface area contributed by atoms with E-state index in [1.54, 1.807) is 17.0 Å². The molecule has 2 amide bonds. The van der Waals surface area contributed by atoms with E-state index in [4.69, 9.17) is 4.74 Å². The maximum Gasteiger partial charge on any atom is 0.259 e. The van der Waals surface area contributed by atoms with Gasteiger partial charge < -0.3 is 14.5 Å². The second-order valence-electron chi connectivity index (χ2n) is 8.76. The number of likely N-dealkylation sites (N-methyl/N-ethyl adjacent to an activating group) is 1. The molecule has 1 aliphatic carbocycles. The Morgan fingerprint density at radius 1 is 1.17 bits per heavy atom. The Morgan fingerprint density at radius 3 is 2.59 bits per heavy atom. The minimum absolute atomic E-state index is 0.00628. The number of piperazine rings is 1. The molecule has 0 unspecified atom stereocenters. The van der Waals surface area contributed by atoms with Crippen molar-refractivity contribution in [2.75, 3.05) is 39.8 Å². The topological polar surface area (TPSA) is 53.1 Å². The molecule has 0 N–H and O–H groups in total. The zero-order chi connectivity index (χ0) is 20.6. The van der Waals surface area contributed by atoms with Crippen LogP contribution in [0.3, 0.4) is 0 Å². The first kappa shape index (κ1) is 20.3. The summed E-state index contributed by atoms with van der Waals surface area (Å²) in [4.78, 5) is 32.5. The normalized spacial score (nSPS) is 30.7. The predicted octanol–water partition coefficient (Wildman–Crippen LogP) is 2.35. The summed E-state index contributed by atoms with van der Waals surface area (Å²) in [5.74, 6) is -0.702. The van der Waals surface area contributed by atoms with Crippen LogP contribution in [0.15, 0.2) is 24.3 Å². The molecule has 7 heteroatoms. The third-order valence-electron chi connectivity index (χ3n) is 6.62. The Bertz CT molecular complexity index is 780. The number of carbonyl (C=O) groups is 2. The molecule has 3 atom stereocenters. The van der Waals surface area contributed by atoms with Crippen molar-refractivity contribution in [3.05, 3.63) is 35.6 Å². The molecule has 2 aliphatic heterocycles. The van der Waals surface area contributed by atoms with Crippen molar-refractivity contribution in [2.24, 2.45) is 5.92 Å². The number of amides is 2. The van der Waals surface area contributed by atoms with Gasteiger partial charge in [-0.3, -0.25) is 14.5 Å². The summed E-state index contributed by atoms with van der Waals surface area (Å²) in [5.41, 5.74) is -0.809. The number of halogens is 1. The van der Waals surface area contributed by atoms with Gasteiger partial charge in [-0.05, 0) is 44.4 Å². The van der Waals surface area contributed by atoms with Gasteiger partial charge in [0.15, 0.2) is 0 Å². The highest BCUT2D eigenvalue weighted by molar-refractivity contribution is 5.98. The van der Waals surface area contributed by atoms with E-state index in [9.17, 15) is 14.0 Å². The van der Waals surface area contributed by atoms with E-state index in [-0.39, 0.29) is 18.1 Å². The summed E-state index contributed by atoms with van der Waals surface area (Å²) in [6, 6.07) is 5.31. The molecule has 6 nitrogen and oxygen atoms in total. The third-order valence-corrected chi connectivity index (χ3v) is 6.62. The summed E-state index contributed by atoms with van der Waals surface area (Å²) in [6.45, 7) is 5.21. The van der Waals surface area contributed by atoms with Gasteiger partial charge in [0, 0.05) is 26.2 Å². The first-order valence-corrected chi connectivity index (χ1v) is 10.6. The van der Waals surface area contributed by atoms with Gasteiger partial charge in [-0.25, -0.2) is 4.39 Å². The van der Waals surface area contributed by atoms with Crippen LogP contribution in [0.25, 0.3) is 0 Å². The molecule has 3 aliphatic rings. The standard InChI is InChI=1S/C22H30FN3O3/c1-16-6-5-9-22(14-16)26(20(27)17-7-3-4-8-18(17)23)19(15-29-22)21(28)25-12-10-24(2)11-13-25/h3-4,7-8,16,19H,5-6,9-15H2,1-2H3/t16-,19+,22-/m1/s1. The molecule has 29 heavy (non-hydrogen) atoms. The van der Waals surface area contributed by atoms with E-state index in [0.717, 1.165) is 25.9 Å². The fourth-order valence-electron chi connectivity index (χ4n) is 5.00. The number of rotatable bonds is 2. The predicted molar refractivity (Wildman–Crippen MR) is 107 cm³/mol. The van der Waals surface area contributed by atoms with Gasteiger partial charge in [0.2, 0.25) is 5.91 Å². The van der Waals surface area contributed by atoms with Crippen molar-refractivity contribution < 1.29 is 18.7 Å². The Labute approximate surface area is 171 Å². The van der Waals surface area contributed by atoms with Crippen LogP contribution in [0.1, 0.15) is 43.0 Å². The van der Waals surface area contributed by atoms with E-state index in [1.807, 2.05) is 11.9 Å². The summed E-state index contributed by atoms with van der Waals surface area (Å²) in [5, 5.41) is 0. The lowest BCUT2D eigenvalue weighted by atomic mass is 9.83. The fourth-order valence-corrected chi connectivity index (χ4v) is 5.00. The van der Waals surface area contributed by atoms with Crippen LogP contribution in [0.4, 0.5) is 4.39 Å². The van der Waals surface area contributed by atoms with Crippen molar-refractivity contribution in [1.82, 2.24) is 14.7 Å². The van der Waals surface area contributed by atoms with E-state index in [1.165, 1.54) is 12.1 Å². The minimum Gasteiger partial charge on any atom is -0.353 e. The molecule has 4 rings (SSSR count). The first-order chi connectivity index (χ1) is 13.9. The Hall–Kier alpha value is -1.99. The lowest BCUT2D eigenvalue weighted by Gasteiger charge is -2.44. The maximum atomic E-state index is 14.5. The molecule has 3 fully saturated rings. The van der Waals surface area contributed by atoms with Gasteiger partial charge in [-0.2, -0.15) is 0 Å². The second-order valence-corrected chi connectivity index (χ2v) is 8.76. The quantitative estimate of drug-likeness (QED) is 0.761. The maximum absolute atomic E-state index is 14.5. The number of hydrogen-bond donors (Lipinski definition) is 0. The van der Waals surface area contributed by atoms with Crippen molar-refractivity contribution in [3.8, 4) is 0 Å². The van der Waals surface area contributed by atoms with Crippen LogP contribution in [-0.2, 0) is 9.53 Å². The van der Waals surface area contributed by atoms with Gasteiger partial charge in [0.05, 0.1) is 12.2 Å². The molecule has 1 spiro atoms. The van der Waals surface area contributed by atoms with Crippen molar-refractivity contribution in [3.63, 3.8) is 0 Å². The summed E-state index contributed by atoms with van der Waals surface area (Å²) < 4.78 is 20.7. The number of hydrogen-bond acceptors (Lipinski definition) is 4. The monoisotopic (exact) mass is 403 g/mol. The van der Waals surface area contributed by atoms with Gasteiger partial charge in [-0.1, -0.05) is 25.5 Å². The number of ether oxygens (including phenoxy) is 1. The van der Waals surface area contributed by atoms with E-state index in [2.05, 4.69) is 11.8 Å². The Balaban J connectivity index is 1.66. The highest BCUT2D eigenvalue weighted by Crippen LogP contribution is 2.43. The Morgan fingerprint density at radius 2 is 1.90 bits per heavy atom. The second kappa shape index (κ2) is 8.03. The van der Waals surface area contributed by atoms with Crippen molar-refractivity contribution in [1.29, 1.82) is 0 Å². The van der Waals surface area contributed by atoms with Crippen LogP contribution in [0.5, 0.6) is 0 Å².